The van der Waals surface area contributed by atoms with Gasteiger partial charge in [-0.2, -0.15) is 0 Å². The van der Waals surface area contributed by atoms with Crippen LogP contribution in [-0.2, 0) is 19.5 Å². The minimum Gasteiger partial charge on any atom is -0.423 e. The highest BCUT2D eigenvalue weighted by Crippen LogP contribution is 2.52. The third kappa shape index (κ3) is 7.80. The Morgan fingerprint density at radius 1 is 0.833 bits per heavy atom. The van der Waals surface area contributed by atoms with Crippen LogP contribution in [0.4, 0.5) is 0 Å². The first-order chi connectivity index (χ1) is 17.6. The van der Waals surface area contributed by atoms with Gasteiger partial charge in [-0.15, -0.1) is 0 Å². The molecule has 2 aliphatic rings. The Labute approximate surface area is 225 Å². The molecule has 208 valence electrons. The Morgan fingerprint density at radius 3 is 2.03 bits per heavy atom. The highest BCUT2D eigenvalue weighted by Gasteiger charge is 2.35. The lowest BCUT2D eigenvalue weighted by Crippen LogP contribution is -2.20. The molecule has 0 saturated carbocycles. The molecular formula is C33H59O2P. The van der Waals surface area contributed by atoms with Gasteiger partial charge in [-0.05, 0) is 73.6 Å². The molecule has 3 heteroatoms. The monoisotopic (exact) mass is 518 g/mol. The van der Waals surface area contributed by atoms with Crippen molar-refractivity contribution >= 4 is 24.6 Å². The van der Waals surface area contributed by atoms with Crippen LogP contribution >= 0.6 is 8.01 Å². The van der Waals surface area contributed by atoms with E-state index in [1.807, 2.05) is 55.4 Å². The maximum absolute atomic E-state index is 6.55. The first kappa shape index (κ1) is 34.6. The van der Waals surface area contributed by atoms with Crippen molar-refractivity contribution in [3.8, 4) is 0 Å². The van der Waals surface area contributed by atoms with Gasteiger partial charge in [0.25, 0.3) is 0 Å². The molecule has 1 heterocycles. The third-order valence-corrected chi connectivity index (χ3v) is 7.92. The summed E-state index contributed by atoms with van der Waals surface area (Å²) in [4.78, 5) is 0. The molecule has 0 amide bonds. The van der Waals surface area contributed by atoms with Gasteiger partial charge in [0, 0.05) is 23.5 Å². The van der Waals surface area contributed by atoms with Gasteiger partial charge in [0.15, 0.2) is 0 Å². The molecule has 1 aromatic heterocycles. The Balaban J connectivity index is 0.00000140. The lowest BCUT2D eigenvalue weighted by Gasteiger charge is -2.35. The number of allylic oxidation sites excluding steroid dienone is 2. The summed E-state index contributed by atoms with van der Waals surface area (Å²) in [6.07, 6.45) is 9.74. The van der Waals surface area contributed by atoms with E-state index in [0.717, 1.165) is 18.4 Å². The smallest absolute Gasteiger partial charge is 0.212 e. The van der Waals surface area contributed by atoms with Crippen LogP contribution in [0.1, 0.15) is 150 Å². The van der Waals surface area contributed by atoms with Crippen molar-refractivity contribution in [3.05, 3.63) is 40.2 Å². The minimum atomic E-state index is -0.938. The maximum Gasteiger partial charge on any atom is 0.212 e. The molecule has 1 aromatic carbocycles. The largest absolute Gasteiger partial charge is 0.423 e. The number of unbranched alkanes of at least 4 members (excludes halogenated alkanes) is 1. The Kier molecular flexibility index (Phi) is 18.1. The first-order valence-corrected chi connectivity index (χ1v) is 16.9. The molecule has 2 aromatic rings. The summed E-state index contributed by atoms with van der Waals surface area (Å²) in [6, 6.07) is 4.51. The van der Waals surface area contributed by atoms with Crippen LogP contribution in [0.2, 0.25) is 0 Å². The van der Waals surface area contributed by atoms with E-state index in [0.29, 0.717) is 11.8 Å². The molecule has 4 rings (SSSR count). The van der Waals surface area contributed by atoms with Gasteiger partial charge in [-0.1, -0.05) is 101 Å². The Morgan fingerprint density at radius 2 is 1.44 bits per heavy atom. The summed E-state index contributed by atoms with van der Waals surface area (Å²) in [5, 5.41) is 1.38. The van der Waals surface area contributed by atoms with Crippen molar-refractivity contribution in [2.24, 2.45) is 12.6 Å². The summed E-state index contributed by atoms with van der Waals surface area (Å²) in [5.41, 5.74) is 8.76. The zero-order chi connectivity index (χ0) is 27.8. The van der Waals surface area contributed by atoms with Gasteiger partial charge in [-0.3, -0.25) is 0 Å². The topological polar surface area (TPSA) is 26.3 Å². The number of hydrogen-bond acceptors (Lipinski definition) is 2. The molecule has 0 spiro atoms. The minimum absolute atomic E-state index is 0.427. The predicted molar refractivity (Wildman–Crippen MR) is 166 cm³/mol. The number of benzene rings is 1. The summed E-state index contributed by atoms with van der Waals surface area (Å²) in [6.45, 7) is 27.4. The van der Waals surface area contributed by atoms with Crippen LogP contribution in [0.25, 0.3) is 16.5 Å². The molecule has 36 heavy (non-hydrogen) atoms. The summed E-state index contributed by atoms with van der Waals surface area (Å²) < 4.78 is 13.0. The summed E-state index contributed by atoms with van der Waals surface area (Å²) in [7, 11) is -0.938. The lowest BCUT2D eigenvalue weighted by molar-refractivity contribution is 0.430. The van der Waals surface area contributed by atoms with Crippen LogP contribution in [-0.4, -0.2) is 0 Å². The van der Waals surface area contributed by atoms with E-state index >= 15 is 0 Å². The number of hydrogen-bond donors (Lipinski definition) is 0. The van der Waals surface area contributed by atoms with E-state index in [4.69, 9.17) is 8.39 Å². The van der Waals surface area contributed by atoms with Crippen molar-refractivity contribution < 1.29 is 8.39 Å². The number of fused-ring (bicyclic) bond motifs is 4. The van der Waals surface area contributed by atoms with E-state index in [1.54, 1.807) is 11.1 Å². The fourth-order valence-electron chi connectivity index (χ4n) is 5.31. The molecule has 0 fully saturated rings. The lowest BCUT2D eigenvalue weighted by atomic mass is 9.70. The quantitative estimate of drug-likeness (QED) is 0.402. The van der Waals surface area contributed by atoms with E-state index in [-0.39, 0.29) is 0 Å². The van der Waals surface area contributed by atoms with Crippen molar-refractivity contribution in [2.45, 2.75) is 140 Å². The number of rotatable bonds is 4. The van der Waals surface area contributed by atoms with E-state index in [2.05, 4.69) is 46.5 Å². The van der Waals surface area contributed by atoms with Gasteiger partial charge in [0.05, 0.1) is 0 Å². The average molecular weight is 519 g/mol. The van der Waals surface area contributed by atoms with Gasteiger partial charge in [-0.25, -0.2) is 0 Å². The average Bonchev–Trinajstić information content (AvgIpc) is 3.10. The molecule has 0 bridgehead atoms. The van der Waals surface area contributed by atoms with Gasteiger partial charge in [0.1, 0.15) is 11.3 Å². The third-order valence-electron chi connectivity index (χ3n) is 7.01. The van der Waals surface area contributed by atoms with Crippen LogP contribution in [0.3, 0.4) is 0 Å². The standard InChI is InChI=1S/C25H35O2P.4C2H6/c1-6-8-11-20-18(7-2)14-15-22-23(20)24-21-13-10-9-12-19(21)16(3)17(4)25(24)27-28(5)26-22;4*1-2/h14-17H,6-13H2,1-5H3;4*1-2H3. The van der Waals surface area contributed by atoms with Crippen molar-refractivity contribution in [1.82, 2.24) is 0 Å². The normalized spacial score (nSPS) is 18.0. The maximum atomic E-state index is 6.55. The van der Waals surface area contributed by atoms with Crippen LogP contribution in [0, 0.1) is 5.92 Å². The van der Waals surface area contributed by atoms with E-state index in [1.165, 1.54) is 66.4 Å². The summed E-state index contributed by atoms with van der Waals surface area (Å²) in [5.74, 6) is 2.22. The van der Waals surface area contributed by atoms with E-state index in [9.17, 15) is 0 Å². The fourth-order valence-corrected chi connectivity index (χ4v) is 6.31. The molecular weight excluding hydrogens is 459 g/mol. The van der Waals surface area contributed by atoms with Gasteiger partial charge < -0.3 is 8.39 Å². The second kappa shape index (κ2) is 18.8. The van der Waals surface area contributed by atoms with Crippen molar-refractivity contribution in [1.29, 1.82) is 0 Å². The SMILES string of the molecule is CC.CC.CC.CC.CCCCc1c(CC)ccc2op(C)oc3c(c12)C1=C(CCCC1)C(C)C3C. The molecule has 2 nitrogen and oxygen atoms in total. The molecule has 3 unspecified atom stereocenters. The molecule has 2 aliphatic carbocycles. The molecule has 0 N–H and O–H groups in total. The second-order valence-electron chi connectivity index (χ2n) is 8.68. The second-order valence-corrected chi connectivity index (χ2v) is 9.93. The van der Waals surface area contributed by atoms with E-state index < -0.39 is 8.01 Å². The van der Waals surface area contributed by atoms with Crippen molar-refractivity contribution in [3.63, 3.8) is 0 Å². The van der Waals surface area contributed by atoms with Crippen LogP contribution in [0.5, 0.6) is 0 Å². The fraction of sp³-hybridized carbons (Fsp3) is 0.697. The summed E-state index contributed by atoms with van der Waals surface area (Å²) >= 11 is 0. The molecule has 0 radical (unpaired) electrons. The van der Waals surface area contributed by atoms with Crippen molar-refractivity contribution in [2.75, 3.05) is 0 Å². The Bertz CT molecular complexity index is 952. The molecule has 0 saturated heterocycles. The molecule has 3 atom stereocenters. The van der Waals surface area contributed by atoms with Crippen LogP contribution in [0.15, 0.2) is 26.1 Å². The predicted octanol–water partition coefficient (Wildman–Crippen LogP) is 12.8. The number of aryl methyl sites for hydroxylation is 3. The highest BCUT2D eigenvalue weighted by molar-refractivity contribution is 7.34. The zero-order valence-corrected chi connectivity index (χ0v) is 27.1. The first-order valence-electron chi connectivity index (χ1n) is 15.3. The Hall–Kier alpha value is -1.40. The highest BCUT2D eigenvalue weighted by atomic mass is 31.1. The van der Waals surface area contributed by atoms with Gasteiger partial charge >= 0.3 is 0 Å². The van der Waals surface area contributed by atoms with Crippen LogP contribution < -0.4 is 0 Å². The zero-order valence-electron chi connectivity index (χ0n) is 26.2. The molecule has 0 aliphatic heterocycles. The van der Waals surface area contributed by atoms with Gasteiger partial charge in [0.2, 0.25) is 8.01 Å².